The van der Waals surface area contributed by atoms with Crippen LogP contribution in [0.5, 0.6) is 0 Å². The Hall–Kier alpha value is -0.550. The highest BCUT2D eigenvalue weighted by Gasteiger charge is 2.68. The maximum atomic E-state index is 11.1. The predicted molar refractivity (Wildman–Crippen MR) is 66.1 cm³/mol. The largest absolute Gasteiger partial charge is 0.388 e. The van der Waals surface area contributed by atoms with Gasteiger partial charge >= 0.3 is 0 Å². The molecule has 2 nitrogen and oxygen atoms in total. The lowest BCUT2D eigenvalue weighted by Crippen LogP contribution is -2.68. The third kappa shape index (κ3) is 1.30. The molecule has 0 saturated heterocycles. The normalized spacial score (nSPS) is 60.3. The molecule has 0 aromatic carbocycles. The van der Waals surface area contributed by atoms with Crippen molar-refractivity contribution >= 4 is 0 Å². The standard InChI is InChI=1S/C15H23NO/c1-12-6-11-7-13(2,8-12)10-14(3,9-12)15(11,17)4-5-16/h11,17H,4,6-10H2,1-3H3. The van der Waals surface area contributed by atoms with Crippen molar-refractivity contribution in [2.24, 2.45) is 22.2 Å². The molecule has 3 atom stereocenters. The van der Waals surface area contributed by atoms with Crippen molar-refractivity contribution in [3.63, 3.8) is 0 Å². The van der Waals surface area contributed by atoms with Gasteiger partial charge in [-0.05, 0) is 54.3 Å². The minimum Gasteiger partial charge on any atom is -0.388 e. The summed E-state index contributed by atoms with van der Waals surface area (Å²) in [5.41, 5.74) is 0.0611. The summed E-state index contributed by atoms with van der Waals surface area (Å²) >= 11 is 0. The molecule has 17 heavy (non-hydrogen) atoms. The van der Waals surface area contributed by atoms with Crippen LogP contribution >= 0.6 is 0 Å². The van der Waals surface area contributed by atoms with Gasteiger partial charge in [0.1, 0.15) is 0 Å². The van der Waals surface area contributed by atoms with Crippen molar-refractivity contribution < 1.29 is 5.11 Å². The van der Waals surface area contributed by atoms with Gasteiger partial charge in [-0.2, -0.15) is 5.26 Å². The van der Waals surface area contributed by atoms with Gasteiger partial charge in [-0.15, -0.1) is 0 Å². The van der Waals surface area contributed by atoms with Gasteiger partial charge < -0.3 is 5.11 Å². The Morgan fingerprint density at radius 2 is 1.65 bits per heavy atom. The van der Waals surface area contributed by atoms with Gasteiger partial charge in [0.05, 0.1) is 18.1 Å². The molecule has 0 amide bonds. The molecular formula is C15H23NO. The van der Waals surface area contributed by atoms with E-state index in [0.29, 0.717) is 23.2 Å². The molecule has 4 saturated carbocycles. The SMILES string of the molecule is CC12CC3CC(C)(C1)CC(C)(C2)C3(O)CC#N. The fraction of sp³-hybridized carbons (Fsp3) is 0.933. The van der Waals surface area contributed by atoms with E-state index in [2.05, 4.69) is 26.8 Å². The molecule has 4 aliphatic rings. The van der Waals surface area contributed by atoms with Gasteiger partial charge in [-0.1, -0.05) is 20.8 Å². The number of nitriles is 1. The lowest BCUT2D eigenvalue weighted by molar-refractivity contribution is -0.263. The molecule has 0 aromatic heterocycles. The molecule has 0 spiro atoms. The van der Waals surface area contributed by atoms with Crippen LogP contribution in [-0.4, -0.2) is 10.7 Å². The van der Waals surface area contributed by atoms with E-state index in [1.165, 1.54) is 6.42 Å². The van der Waals surface area contributed by atoms with Crippen molar-refractivity contribution in [1.29, 1.82) is 5.26 Å². The van der Waals surface area contributed by atoms with Crippen LogP contribution in [0.4, 0.5) is 0 Å². The Bertz CT molecular complexity index is 392. The van der Waals surface area contributed by atoms with Crippen molar-refractivity contribution in [1.82, 2.24) is 0 Å². The van der Waals surface area contributed by atoms with Crippen LogP contribution in [0.2, 0.25) is 0 Å². The topological polar surface area (TPSA) is 44.0 Å². The lowest BCUT2D eigenvalue weighted by atomic mass is 9.36. The molecular weight excluding hydrogens is 210 g/mol. The molecule has 4 fully saturated rings. The van der Waals surface area contributed by atoms with Crippen LogP contribution in [0.3, 0.4) is 0 Å². The first kappa shape index (κ1) is 11.5. The highest BCUT2D eigenvalue weighted by Crippen LogP contribution is 2.73. The highest BCUT2D eigenvalue weighted by atomic mass is 16.3. The molecule has 4 rings (SSSR count). The van der Waals surface area contributed by atoms with E-state index in [1.54, 1.807) is 0 Å². The summed E-state index contributed by atoms with van der Waals surface area (Å²) in [7, 11) is 0. The average Bonchev–Trinajstić information content (AvgIpc) is 2.10. The van der Waals surface area contributed by atoms with E-state index in [-0.39, 0.29) is 5.41 Å². The second-order valence-corrected chi connectivity index (χ2v) is 8.08. The minimum atomic E-state index is -0.721. The maximum Gasteiger partial charge on any atom is 0.0859 e. The molecule has 0 aromatic rings. The van der Waals surface area contributed by atoms with E-state index in [0.717, 1.165) is 25.7 Å². The lowest BCUT2D eigenvalue weighted by Gasteiger charge is -2.70. The summed E-state index contributed by atoms with van der Waals surface area (Å²) in [6.45, 7) is 7.01. The summed E-state index contributed by atoms with van der Waals surface area (Å²) in [5.74, 6) is 0.346. The summed E-state index contributed by atoms with van der Waals surface area (Å²) in [5, 5.41) is 20.1. The Kier molecular flexibility index (Phi) is 1.96. The van der Waals surface area contributed by atoms with Crippen molar-refractivity contribution in [2.75, 3.05) is 0 Å². The Morgan fingerprint density at radius 1 is 1.12 bits per heavy atom. The summed E-state index contributed by atoms with van der Waals surface area (Å²) < 4.78 is 0. The van der Waals surface area contributed by atoms with Crippen LogP contribution in [0.15, 0.2) is 0 Å². The average molecular weight is 233 g/mol. The second-order valence-electron chi connectivity index (χ2n) is 8.08. The molecule has 0 heterocycles. The fourth-order valence-electron chi connectivity index (χ4n) is 6.27. The Labute approximate surface area is 104 Å². The Balaban J connectivity index is 2.07. The van der Waals surface area contributed by atoms with Crippen LogP contribution in [0.25, 0.3) is 0 Å². The van der Waals surface area contributed by atoms with Gasteiger partial charge in [0.25, 0.3) is 0 Å². The monoisotopic (exact) mass is 233 g/mol. The van der Waals surface area contributed by atoms with Crippen molar-refractivity contribution in [3.05, 3.63) is 0 Å². The number of hydrogen-bond donors (Lipinski definition) is 1. The summed E-state index contributed by atoms with van der Waals surface area (Å²) in [4.78, 5) is 0. The number of aliphatic hydroxyl groups is 1. The molecule has 2 heteroatoms. The van der Waals surface area contributed by atoms with E-state index in [4.69, 9.17) is 5.26 Å². The molecule has 4 aliphatic carbocycles. The molecule has 0 aliphatic heterocycles. The number of nitrogens with zero attached hydrogens (tertiary/aromatic N) is 1. The van der Waals surface area contributed by atoms with E-state index < -0.39 is 5.60 Å². The minimum absolute atomic E-state index is 0.0361. The van der Waals surface area contributed by atoms with Crippen LogP contribution in [0, 0.1) is 33.5 Å². The second kappa shape index (κ2) is 2.88. The van der Waals surface area contributed by atoms with Gasteiger partial charge in [0, 0.05) is 0 Å². The zero-order valence-electron chi connectivity index (χ0n) is 11.2. The van der Waals surface area contributed by atoms with E-state index >= 15 is 0 Å². The van der Waals surface area contributed by atoms with E-state index in [1.807, 2.05) is 0 Å². The first-order valence-corrected chi connectivity index (χ1v) is 6.84. The molecule has 3 unspecified atom stereocenters. The third-order valence-corrected chi connectivity index (χ3v) is 6.03. The fourth-order valence-corrected chi connectivity index (χ4v) is 6.27. The summed E-state index contributed by atoms with van der Waals surface area (Å²) in [6.07, 6.45) is 6.08. The maximum absolute atomic E-state index is 11.1. The zero-order chi connectivity index (χ0) is 12.5. The van der Waals surface area contributed by atoms with Gasteiger partial charge in [0.2, 0.25) is 0 Å². The van der Waals surface area contributed by atoms with Gasteiger partial charge in [-0.3, -0.25) is 0 Å². The highest BCUT2D eigenvalue weighted by molar-refractivity contribution is 5.20. The van der Waals surface area contributed by atoms with Crippen LogP contribution in [-0.2, 0) is 0 Å². The van der Waals surface area contributed by atoms with Crippen molar-refractivity contribution in [3.8, 4) is 6.07 Å². The molecule has 94 valence electrons. The molecule has 1 N–H and O–H groups in total. The van der Waals surface area contributed by atoms with Crippen LogP contribution < -0.4 is 0 Å². The number of hydrogen-bond acceptors (Lipinski definition) is 2. The zero-order valence-corrected chi connectivity index (χ0v) is 11.2. The third-order valence-electron chi connectivity index (χ3n) is 6.03. The Morgan fingerprint density at radius 3 is 2.06 bits per heavy atom. The predicted octanol–water partition coefficient (Wildman–Crippen LogP) is 3.26. The van der Waals surface area contributed by atoms with Crippen molar-refractivity contribution in [2.45, 2.75) is 64.9 Å². The molecule has 4 bridgehead atoms. The number of rotatable bonds is 1. The summed E-state index contributed by atoms with van der Waals surface area (Å²) in [6, 6.07) is 2.24. The smallest absolute Gasteiger partial charge is 0.0859 e. The van der Waals surface area contributed by atoms with Gasteiger partial charge in [0.15, 0.2) is 0 Å². The first-order valence-electron chi connectivity index (χ1n) is 6.84. The quantitative estimate of drug-likeness (QED) is 0.755. The van der Waals surface area contributed by atoms with E-state index in [9.17, 15) is 5.11 Å². The van der Waals surface area contributed by atoms with Gasteiger partial charge in [-0.25, -0.2) is 0 Å². The molecule has 0 radical (unpaired) electrons. The van der Waals surface area contributed by atoms with Crippen LogP contribution in [0.1, 0.15) is 59.3 Å². The first-order chi connectivity index (χ1) is 7.74.